The van der Waals surface area contributed by atoms with Gasteiger partial charge in [0.15, 0.2) is 0 Å². The summed E-state index contributed by atoms with van der Waals surface area (Å²) in [6.45, 7) is 7.96. The predicted octanol–water partition coefficient (Wildman–Crippen LogP) is 2.93. The number of likely N-dealkylation sites (N-methyl/N-ethyl adjacent to an activating group) is 1. The summed E-state index contributed by atoms with van der Waals surface area (Å²) in [6.07, 6.45) is 5.46. The largest absolute Gasteiger partial charge is 0.373 e. The fraction of sp³-hybridized carbons (Fsp3) is 0.556. The third-order valence-electron chi connectivity index (χ3n) is 5.06. The Morgan fingerprint density at radius 3 is 2.71 bits per heavy atom. The van der Waals surface area contributed by atoms with E-state index in [0.717, 1.165) is 45.5 Å². The molecule has 1 aromatic carbocycles. The molecule has 1 aromatic rings. The lowest BCUT2D eigenvalue weighted by molar-refractivity contribution is -0.0415. The second-order valence-electron chi connectivity index (χ2n) is 6.39. The van der Waals surface area contributed by atoms with E-state index in [1.165, 1.54) is 5.69 Å². The Kier molecular flexibility index (Phi) is 4.32. The molecular formula is C18H26N2O. The lowest BCUT2D eigenvalue weighted by Crippen LogP contribution is -2.44. The molecule has 0 amide bonds. The number of rotatable bonds is 4. The number of ether oxygens (including phenoxy) is 1. The SMILES string of the molecule is C=CCN1CCC2(CC1)CC(N(C)c1ccccc1)CO2. The smallest absolute Gasteiger partial charge is 0.0728 e. The Morgan fingerprint density at radius 2 is 2.05 bits per heavy atom. The molecule has 1 atom stereocenters. The second-order valence-corrected chi connectivity index (χ2v) is 6.39. The van der Waals surface area contributed by atoms with Crippen molar-refractivity contribution in [3.05, 3.63) is 43.0 Å². The number of hydrogen-bond acceptors (Lipinski definition) is 3. The molecule has 0 aromatic heterocycles. The van der Waals surface area contributed by atoms with E-state index >= 15 is 0 Å². The van der Waals surface area contributed by atoms with Gasteiger partial charge < -0.3 is 9.64 Å². The van der Waals surface area contributed by atoms with Crippen LogP contribution in [0, 0.1) is 0 Å². The van der Waals surface area contributed by atoms with Crippen LogP contribution in [0.4, 0.5) is 5.69 Å². The number of benzene rings is 1. The standard InChI is InChI=1S/C18H26N2O/c1-3-11-20-12-9-18(10-13-20)14-17(15-21-18)19(2)16-7-5-4-6-8-16/h3-8,17H,1,9-15H2,2H3. The first-order chi connectivity index (χ1) is 10.2. The molecular weight excluding hydrogens is 260 g/mol. The van der Waals surface area contributed by atoms with E-state index in [1.807, 2.05) is 6.08 Å². The molecule has 2 aliphatic rings. The fourth-order valence-electron chi connectivity index (χ4n) is 3.62. The normalized spacial score (nSPS) is 25.1. The van der Waals surface area contributed by atoms with Crippen LogP contribution in [0.2, 0.25) is 0 Å². The second kappa shape index (κ2) is 6.20. The summed E-state index contributed by atoms with van der Waals surface area (Å²) >= 11 is 0. The zero-order valence-electron chi connectivity index (χ0n) is 13.0. The van der Waals surface area contributed by atoms with E-state index in [-0.39, 0.29) is 5.60 Å². The summed E-state index contributed by atoms with van der Waals surface area (Å²) in [6, 6.07) is 11.1. The van der Waals surface area contributed by atoms with E-state index < -0.39 is 0 Å². The van der Waals surface area contributed by atoms with Crippen molar-refractivity contribution >= 4 is 5.69 Å². The van der Waals surface area contributed by atoms with Crippen LogP contribution in [0.3, 0.4) is 0 Å². The number of piperidine rings is 1. The maximum Gasteiger partial charge on any atom is 0.0728 e. The highest BCUT2D eigenvalue weighted by Crippen LogP contribution is 2.38. The minimum Gasteiger partial charge on any atom is -0.373 e. The van der Waals surface area contributed by atoms with Gasteiger partial charge in [-0.2, -0.15) is 0 Å². The van der Waals surface area contributed by atoms with Crippen molar-refractivity contribution in [2.24, 2.45) is 0 Å². The molecule has 3 rings (SSSR count). The van der Waals surface area contributed by atoms with E-state index in [4.69, 9.17) is 4.74 Å². The van der Waals surface area contributed by atoms with Gasteiger partial charge in [-0.25, -0.2) is 0 Å². The quantitative estimate of drug-likeness (QED) is 0.792. The van der Waals surface area contributed by atoms with Gasteiger partial charge in [0.2, 0.25) is 0 Å². The average molecular weight is 286 g/mol. The maximum atomic E-state index is 6.27. The Hall–Kier alpha value is -1.32. The Bertz CT molecular complexity index is 465. The molecule has 0 N–H and O–H groups in total. The number of para-hydroxylation sites is 1. The molecule has 2 aliphatic heterocycles. The minimum atomic E-state index is 0.116. The zero-order valence-corrected chi connectivity index (χ0v) is 13.0. The summed E-state index contributed by atoms with van der Waals surface area (Å²) in [5.41, 5.74) is 1.40. The number of nitrogens with zero attached hydrogens (tertiary/aromatic N) is 2. The van der Waals surface area contributed by atoms with E-state index in [1.54, 1.807) is 0 Å². The fourth-order valence-corrected chi connectivity index (χ4v) is 3.62. The number of anilines is 1. The molecule has 3 heteroatoms. The number of hydrogen-bond donors (Lipinski definition) is 0. The highest BCUT2D eigenvalue weighted by atomic mass is 16.5. The molecule has 2 fully saturated rings. The van der Waals surface area contributed by atoms with Crippen molar-refractivity contribution in [2.45, 2.75) is 30.9 Å². The van der Waals surface area contributed by atoms with Crippen LogP contribution in [-0.2, 0) is 4.74 Å². The van der Waals surface area contributed by atoms with Crippen LogP contribution in [-0.4, -0.2) is 49.8 Å². The highest BCUT2D eigenvalue weighted by molar-refractivity contribution is 5.46. The predicted molar refractivity (Wildman–Crippen MR) is 87.8 cm³/mol. The summed E-state index contributed by atoms with van der Waals surface area (Å²) in [5, 5.41) is 0. The molecule has 21 heavy (non-hydrogen) atoms. The van der Waals surface area contributed by atoms with Crippen LogP contribution < -0.4 is 4.90 Å². The van der Waals surface area contributed by atoms with Gasteiger partial charge in [0, 0.05) is 32.4 Å². The first-order valence-corrected chi connectivity index (χ1v) is 7.97. The average Bonchev–Trinajstić information content (AvgIpc) is 2.94. The third kappa shape index (κ3) is 3.14. The van der Waals surface area contributed by atoms with Gasteiger partial charge in [0.1, 0.15) is 0 Å². The van der Waals surface area contributed by atoms with Crippen molar-refractivity contribution < 1.29 is 4.74 Å². The summed E-state index contributed by atoms with van der Waals surface area (Å²) < 4.78 is 6.27. The first kappa shape index (κ1) is 14.6. The van der Waals surface area contributed by atoms with Crippen LogP contribution in [0.1, 0.15) is 19.3 Å². The molecule has 114 valence electrons. The van der Waals surface area contributed by atoms with Crippen LogP contribution in [0.25, 0.3) is 0 Å². The monoisotopic (exact) mass is 286 g/mol. The molecule has 0 bridgehead atoms. The van der Waals surface area contributed by atoms with Crippen molar-refractivity contribution in [3.63, 3.8) is 0 Å². The molecule has 3 nitrogen and oxygen atoms in total. The Morgan fingerprint density at radius 1 is 1.33 bits per heavy atom. The van der Waals surface area contributed by atoms with Crippen molar-refractivity contribution in [2.75, 3.05) is 38.2 Å². The summed E-state index contributed by atoms with van der Waals surface area (Å²) in [4.78, 5) is 4.85. The van der Waals surface area contributed by atoms with Gasteiger partial charge in [-0.05, 0) is 31.4 Å². The first-order valence-electron chi connectivity index (χ1n) is 7.97. The topological polar surface area (TPSA) is 15.7 Å². The van der Waals surface area contributed by atoms with Crippen molar-refractivity contribution in [1.82, 2.24) is 4.90 Å². The van der Waals surface area contributed by atoms with Crippen LogP contribution in [0.15, 0.2) is 43.0 Å². The van der Waals surface area contributed by atoms with E-state index in [9.17, 15) is 0 Å². The third-order valence-corrected chi connectivity index (χ3v) is 5.06. The highest BCUT2D eigenvalue weighted by Gasteiger charge is 2.43. The van der Waals surface area contributed by atoms with Crippen LogP contribution >= 0.6 is 0 Å². The van der Waals surface area contributed by atoms with Crippen molar-refractivity contribution in [3.8, 4) is 0 Å². The molecule has 0 radical (unpaired) electrons. The van der Waals surface area contributed by atoms with Crippen LogP contribution in [0.5, 0.6) is 0 Å². The molecule has 2 heterocycles. The van der Waals surface area contributed by atoms with Gasteiger partial charge in [0.05, 0.1) is 18.2 Å². The number of likely N-dealkylation sites (tertiary alicyclic amines) is 1. The lowest BCUT2D eigenvalue weighted by Gasteiger charge is -2.38. The molecule has 2 saturated heterocycles. The Balaban J connectivity index is 1.59. The van der Waals surface area contributed by atoms with Gasteiger partial charge in [-0.3, -0.25) is 4.90 Å². The molecule has 1 spiro atoms. The lowest BCUT2D eigenvalue weighted by atomic mass is 9.87. The minimum absolute atomic E-state index is 0.116. The summed E-state index contributed by atoms with van der Waals surface area (Å²) in [7, 11) is 2.19. The summed E-state index contributed by atoms with van der Waals surface area (Å²) in [5.74, 6) is 0. The van der Waals surface area contributed by atoms with E-state index in [2.05, 4.69) is 53.8 Å². The van der Waals surface area contributed by atoms with E-state index in [0.29, 0.717) is 6.04 Å². The molecule has 0 saturated carbocycles. The van der Waals surface area contributed by atoms with Gasteiger partial charge in [-0.15, -0.1) is 6.58 Å². The van der Waals surface area contributed by atoms with Gasteiger partial charge in [0.25, 0.3) is 0 Å². The molecule has 0 aliphatic carbocycles. The molecule has 1 unspecified atom stereocenters. The maximum absolute atomic E-state index is 6.27. The van der Waals surface area contributed by atoms with Gasteiger partial charge >= 0.3 is 0 Å². The van der Waals surface area contributed by atoms with Crippen molar-refractivity contribution in [1.29, 1.82) is 0 Å². The van der Waals surface area contributed by atoms with Gasteiger partial charge in [-0.1, -0.05) is 24.3 Å². The Labute approximate surface area is 128 Å². The zero-order chi connectivity index (χ0) is 14.7.